The first kappa shape index (κ1) is 84.6. The molecule has 0 radical (unpaired) electrons. The van der Waals surface area contributed by atoms with E-state index < -0.39 is 0 Å². The topological polar surface area (TPSA) is 0 Å². The predicted octanol–water partition coefficient (Wildman–Crippen LogP) is 40.7. The quantitative estimate of drug-likeness (QED) is 0.113. The summed E-state index contributed by atoms with van der Waals surface area (Å²) in [5, 5.41) is 37.9. The monoisotopic (exact) mass is 1820 g/mol. The third-order valence-electron chi connectivity index (χ3n) is 30.1. The molecule has 0 heterocycles. The third-order valence-corrected chi connectivity index (χ3v) is 30.1. The summed E-state index contributed by atoms with van der Waals surface area (Å²) in [6.07, 6.45) is 0. The zero-order valence-corrected chi connectivity index (χ0v) is 79.1. The maximum absolute atomic E-state index is 2.44. The fraction of sp³-hybridized carbons (Fsp3) is 0. The van der Waals surface area contributed by atoms with Crippen LogP contribution in [0.25, 0.3) is 284 Å². The van der Waals surface area contributed by atoms with Crippen LogP contribution in [0.3, 0.4) is 0 Å². The van der Waals surface area contributed by atoms with Crippen molar-refractivity contribution >= 4 is 162 Å². The van der Waals surface area contributed by atoms with E-state index in [4.69, 9.17) is 0 Å². The number of fused-ring (bicyclic) bond motifs is 15. The van der Waals surface area contributed by atoms with Crippen LogP contribution in [0.2, 0.25) is 0 Å². The first-order valence-electron chi connectivity index (χ1n) is 50.0. The number of hydrogen-bond donors (Lipinski definition) is 0. The van der Waals surface area contributed by atoms with Crippen LogP contribution in [0, 0.1) is 0 Å². The van der Waals surface area contributed by atoms with Crippen molar-refractivity contribution < 1.29 is 0 Å². The average molecular weight is 1820 g/mol. The Morgan fingerprint density at radius 3 is 0.674 bits per heavy atom. The minimum atomic E-state index is 1.22. The summed E-state index contributed by atoms with van der Waals surface area (Å²) in [6.45, 7) is 0. The zero-order chi connectivity index (χ0) is 95.1. The van der Waals surface area contributed by atoms with Gasteiger partial charge in [0.25, 0.3) is 0 Å². The second-order valence-electron chi connectivity index (χ2n) is 38.1. The number of benzene rings is 29. The fourth-order valence-corrected chi connectivity index (χ4v) is 23.5. The molecule has 0 saturated carbocycles. The van der Waals surface area contributed by atoms with Crippen LogP contribution in [0.1, 0.15) is 0 Å². The van der Waals surface area contributed by atoms with Gasteiger partial charge in [0.05, 0.1) is 0 Å². The first-order chi connectivity index (χ1) is 71.5. The second kappa shape index (κ2) is 35.9. The lowest BCUT2D eigenvalue weighted by atomic mass is 9.82. The Morgan fingerprint density at radius 1 is 0.0694 bits per heavy atom. The first-order valence-corrected chi connectivity index (χ1v) is 50.0. The van der Waals surface area contributed by atoms with E-state index in [0.717, 1.165) is 0 Å². The molecular formula is C144H92. The van der Waals surface area contributed by atoms with Crippen LogP contribution in [0.15, 0.2) is 558 Å². The van der Waals surface area contributed by atoms with Crippen molar-refractivity contribution in [3.8, 4) is 122 Å². The van der Waals surface area contributed by atoms with E-state index in [2.05, 4.69) is 558 Å². The standard InChI is InChI=1S/2C50H32.C44H28/c1-2-12-33(13-3-1)36-24-25-38-31-40(27-26-37(38)30-36)49-45-20-8-9-21-46(45)50(44-23-11-17-35-15-5-7-19-42(35)44)48-32-39(28-29-47(48)49)43-22-10-16-34-14-4-6-18-41(34)43;1-2-13-33(14-3-1)37-27-28-47-48(32-37)49(38-26-25-34-15-4-5-17-36(34)31-38)44-22-10-11-23-45(44)50(47)46-30-29-43(41-20-8-9-21-42(41)46)40-24-12-18-35-16-6-7-19-39(35)40;1-4-18-33-29(12-1)15-9-23-36(33)32-26-27-41-42(28-32)44(38-25-11-17-31-14-3-6-20-35(31)38)40-22-8-7-21-39(40)43(41)37-24-10-16-30-13-2-5-19-34(30)37/h2*1-32H;1-28H. The maximum Gasteiger partial charge on any atom is -0.00199 e. The van der Waals surface area contributed by atoms with Gasteiger partial charge in [-0.3, -0.25) is 0 Å². The summed E-state index contributed by atoms with van der Waals surface area (Å²) in [7, 11) is 0. The minimum Gasteiger partial charge on any atom is -0.0622 e. The second-order valence-corrected chi connectivity index (χ2v) is 38.1. The van der Waals surface area contributed by atoms with Gasteiger partial charge < -0.3 is 0 Å². The third kappa shape index (κ3) is 14.8. The normalized spacial score (nSPS) is 11.6. The van der Waals surface area contributed by atoms with Crippen LogP contribution >= 0.6 is 0 Å². The predicted molar refractivity (Wildman–Crippen MR) is 622 cm³/mol. The molecule has 0 aliphatic heterocycles. The largest absolute Gasteiger partial charge is 0.0622 e. The molecule has 0 spiro atoms. The molecule has 0 unspecified atom stereocenters. The van der Waals surface area contributed by atoms with Gasteiger partial charge in [-0.25, -0.2) is 0 Å². The number of rotatable bonds is 11. The van der Waals surface area contributed by atoms with Crippen molar-refractivity contribution in [3.05, 3.63) is 558 Å². The Kier molecular flexibility index (Phi) is 21.1. The summed E-state index contributed by atoms with van der Waals surface area (Å²) in [6, 6.07) is 205. The van der Waals surface area contributed by atoms with Gasteiger partial charge in [-0.05, 0) is 320 Å². The molecule has 0 saturated heterocycles. The molecule has 0 fully saturated rings. The summed E-state index contributed by atoms with van der Waals surface area (Å²) >= 11 is 0. The Morgan fingerprint density at radius 2 is 0.271 bits per heavy atom. The molecule has 29 rings (SSSR count). The molecule has 0 bridgehead atoms. The lowest BCUT2D eigenvalue weighted by Crippen LogP contribution is -1.93. The molecule has 29 aromatic carbocycles. The molecule has 29 aromatic rings. The Hall–Kier alpha value is -18.7. The lowest BCUT2D eigenvalue weighted by molar-refractivity contribution is 1.64. The van der Waals surface area contributed by atoms with Gasteiger partial charge in [0.1, 0.15) is 0 Å². The van der Waals surface area contributed by atoms with Gasteiger partial charge in [-0.2, -0.15) is 0 Å². The molecule has 0 aromatic heterocycles. The molecule has 668 valence electrons. The van der Waals surface area contributed by atoms with Gasteiger partial charge in [-0.15, -0.1) is 0 Å². The zero-order valence-electron chi connectivity index (χ0n) is 79.1. The molecular weight excluding hydrogens is 1730 g/mol. The minimum absolute atomic E-state index is 1.22. The van der Waals surface area contributed by atoms with E-state index in [-0.39, 0.29) is 0 Å². The van der Waals surface area contributed by atoms with Gasteiger partial charge in [0, 0.05) is 0 Å². The molecule has 0 amide bonds. The summed E-state index contributed by atoms with van der Waals surface area (Å²) in [4.78, 5) is 0. The van der Waals surface area contributed by atoms with Gasteiger partial charge in [0.2, 0.25) is 0 Å². The van der Waals surface area contributed by atoms with Crippen LogP contribution in [-0.2, 0) is 0 Å². The van der Waals surface area contributed by atoms with Gasteiger partial charge in [-0.1, -0.05) is 522 Å². The molecule has 0 atom stereocenters. The summed E-state index contributed by atoms with van der Waals surface area (Å²) < 4.78 is 0. The van der Waals surface area contributed by atoms with Crippen LogP contribution in [-0.4, -0.2) is 0 Å². The fourth-order valence-electron chi connectivity index (χ4n) is 23.5. The van der Waals surface area contributed by atoms with E-state index in [9.17, 15) is 0 Å². The average Bonchev–Trinajstić information content (AvgIpc) is 0.726. The summed E-state index contributed by atoms with van der Waals surface area (Å²) in [5.41, 5.74) is 27.6. The van der Waals surface area contributed by atoms with Crippen molar-refractivity contribution in [3.63, 3.8) is 0 Å². The van der Waals surface area contributed by atoms with Crippen molar-refractivity contribution in [1.29, 1.82) is 0 Å². The van der Waals surface area contributed by atoms with Crippen LogP contribution in [0.5, 0.6) is 0 Å². The molecule has 0 aliphatic carbocycles. The maximum atomic E-state index is 2.44. The highest BCUT2D eigenvalue weighted by molar-refractivity contribution is 6.30. The van der Waals surface area contributed by atoms with E-state index >= 15 is 0 Å². The van der Waals surface area contributed by atoms with E-state index in [1.807, 2.05) is 0 Å². The Balaban J connectivity index is 0.000000108. The van der Waals surface area contributed by atoms with Gasteiger partial charge in [0.15, 0.2) is 0 Å². The molecule has 0 heteroatoms. The van der Waals surface area contributed by atoms with Crippen LogP contribution in [0.4, 0.5) is 0 Å². The molecule has 144 heavy (non-hydrogen) atoms. The lowest BCUT2D eigenvalue weighted by Gasteiger charge is -2.21. The highest BCUT2D eigenvalue weighted by Crippen LogP contribution is 2.54. The SMILES string of the molecule is c1ccc(-c2ccc3c(-c4ccc(-c5cccc6ccccc56)c5ccccc45)c4ccccc4c(-c4ccc5ccccc5c4)c3c2)cc1.c1ccc(-c2ccc3cc(-c4c5ccccc5c(-c5cccc6ccccc56)c5cc(-c6cccc7ccccc67)ccc45)ccc3c2)cc1.c1ccc2c(-c3ccc4c(-c5cccc6ccccc56)c5ccccc5c(-c5cccc6ccccc56)c4c3)cccc2c1. The smallest absolute Gasteiger partial charge is 0.00199 e. The summed E-state index contributed by atoms with van der Waals surface area (Å²) in [5.74, 6) is 0. The highest BCUT2D eigenvalue weighted by Gasteiger charge is 2.26. The Labute approximate surface area is 835 Å². The van der Waals surface area contributed by atoms with E-state index in [1.54, 1.807) is 0 Å². The van der Waals surface area contributed by atoms with Crippen molar-refractivity contribution in [2.75, 3.05) is 0 Å². The van der Waals surface area contributed by atoms with E-state index in [0.29, 0.717) is 0 Å². The molecule has 0 nitrogen and oxygen atoms in total. The van der Waals surface area contributed by atoms with Crippen molar-refractivity contribution in [1.82, 2.24) is 0 Å². The van der Waals surface area contributed by atoms with Crippen molar-refractivity contribution in [2.45, 2.75) is 0 Å². The molecule has 0 aliphatic rings. The van der Waals surface area contributed by atoms with Crippen LogP contribution < -0.4 is 0 Å². The highest BCUT2D eigenvalue weighted by atomic mass is 14.3. The van der Waals surface area contributed by atoms with Gasteiger partial charge >= 0.3 is 0 Å². The van der Waals surface area contributed by atoms with Crippen molar-refractivity contribution in [2.24, 2.45) is 0 Å². The Bertz CT molecular complexity index is 10200. The number of hydrogen-bond acceptors (Lipinski definition) is 0. The molecule has 0 N–H and O–H groups in total. The van der Waals surface area contributed by atoms with E-state index in [1.165, 1.54) is 284 Å².